The molecule has 3 N–H and O–H groups in total. The summed E-state index contributed by atoms with van der Waals surface area (Å²) in [5.74, 6) is -0.792. The minimum absolute atomic E-state index is 0.220. The van der Waals surface area contributed by atoms with Crippen molar-refractivity contribution >= 4 is 17.7 Å². The lowest BCUT2D eigenvalue weighted by Crippen LogP contribution is -2.26. The van der Waals surface area contributed by atoms with Crippen LogP contribution in [0.4, 0.5) is 0 Å². The highest BCUT2D eigenvalue weighted by atomic mass is 32.2. The molecule has 92 valence electrons. The number of carbonyl (C=O) groups is 1. The summed E-state index contributed by atoms with van der Waals surface area (Å²) in [5, 5.41) is 9.10. The fraction of sp³-hybridized carbons (Fsp3) is 0.462. The summed E-state index contributed by atoms with van der Waals surface area (Å²) >= 11 is 1.38. The molecule has 0 saturated heterocycles. The number of aliphatic carboxylic acids is 1. The molecule has 0 amide bonds. The molecule has 0 fully saturated rings. The number of fused-ring (bicyclic) bond motifs is 1. The van der Waals surface area contributed by atoms with Gasteiger partial charge in [-0.25, -0.2) is 0 Å². The summed E-state index contributed by atoms with van der Waals surface area (Å²) in [6.07, 6.45) is 1.83. The topological polar surface area (TPSA) is 63.3 Å². The predicted octanol–water partition coefficient (Wildman–Crippen LogP) is 2.07. The van der Waals surface area contributed by atoms with E-state index < -0.39 is 10.7 Å². The van der Waals surface area contributed by atoms with Crippen LogP contribution in [0.5, 0.6) is 0 Å². The van der Waals surface area contributed by atoms with Crippen LogP contribution in [0.3, 0.4) is 0 Å². The Balaban J connectivity index is 2.20. The highest BCUT2D eigenvalue weighted by molar-refractivity contribution is 8.01. The molecule has 0 saturated carbocycles. The second-order valence-corrected chi connectivity index (χ2v) is 6.71. The summed E-state index contributed by atoms with van der Waals surface area (Å²) in [5.41, 5.74) is 8.48. The van der Waals surface area contributed by atoms with Crippen molar-refractivity contribution in [3.05, 3.63) is 29.3 Å². The van der Waals surface area contributed by atoms with Gasteiger partial charge in [-0.3, -0.25) is 4.79 Å². The summed E-state index contributed by atoms with van der Waals surface area (Å²) in [6.45, 7) is 3.44. The van der Waals surface area contributed by atoms with E-state index in [9.17, 15) is 4.79 Å². The zero-order chi connectivity index (χ0) is 12.6. The molecule has 4 heteroatoms. The molecule has 17 heavy (non-hydrogen) atoms. The van der Waals surface area contributed by atoms with Crippen molar-refractivity contribution in [2.24, 2.45) is 5.73 Å². The van der Waals surface area contributed by atoms with Gasteiger partial charge in [0.1, 0.15) is 4.75 Å². The lowest BCUT2D eigenvalue weighted by Gasteiger charge is -2.18. The quantitative estimate of drug-likeness (QED) is 0.807. The van der Waals surface area contributed by atoms with Crippen molar-refractivity contribution in [2.45, 2.75) is 42.4 Å². The molecular weight excluding hydrogens is 234 g/mol. The molecule has 0 aliphatic heterocycles. The average Bonchev–Trinajstić information content (AvgIpc) is 2.56. The van der Waals surface area contributed by atoms with Crippen LogP contribution in [-0.4, -0.2) is 21.9 Å². The predicted molar refractivity (Wildman–Crippen MR) is 69.4 cm³/mol. The van der Waals surface area contributed by atoms with Gasteiger partial charge in [0.25, 0.3) is 0 Å². The Kier molecular flexibility index (Phi) is 3.19. The van der Waals surface area contributed by atoms with Crippen LogP contribution in [-0.2, 0) is 17.6 Å². The molecule has 0 spiro atoms. The van der Waals surface area contributed by atoms with E-state index in [0.717, 1.165) is 17.7 Å². The van der Waals surface area contributed by atoms with E-state index in [4.69, 9.17) is 10.8 Å². The summed E-state index contributed by atoms with van der Waals surface area (Å²) in [7, 11) is 0. The average molecular weight is 251 g/mol. The molecule has 1 unspecified atom stereocenters. The monoisotopic (exact) mass is 251 g/mol. The second-order valence-electron chi connectivity index (χ2n) is 5.02. The largest absolute Gasteiger partial charge is 0.480 e. The molecule has 0 bridgehead atoms. The third-order valence-corrected chi connectivity index (χ3v) is 4.20. The van der Waals surface area contributed by atoms with E-state index >= 15 is 0 Å². The highest BCUT2D eigenvalue weighted by Gasteiger charge is 2.29. The molecule has 1 aromatic rings. The first kappa shape index (κ1) is 12.5. The second kappa shape index (κ2) is 4.35. The first-order chi connectivity index (χ1) is 7.88. The van der Waals surface area contributed by atoms with Gasteiger partial charge >= 0.3 is 5.97 Å². The number of carboxylic acid groups (broad SMARTS) is 1. The number of rotatable bonds is 3. The van der Waals surface area contributed by atoms with Crippen LogP contribution in [0, 0.1) is 0 Å². The first-order valence-corrected chi connectivity index (χ1v) is 6.50. The summed E-state index contributed by atoms with van der Waals surface area (Å²) in [4.78, 5) is 12.1. The smallest absolute Gasteiger partial charge is 0.319 e. The Bertz CT molecular complexity index is 457. The number of thioether (sulfide) groups is 1. The molecule has 1 aliphatic rings. The molecular formula is C13H17NO2S. The Hall–Kier alpha value is -1.00. The zero-order valence-electron chi connectivity index (χ0n) is 10.1. The van der Waals surface area contributed by atoms with E-state index in [1.165, 1.54) is 22.9 Å². The van der Waals surface area contributed by atoms with Crippen LogP contribution in [0.1, 0.15) is 25.0 Å². The summed E-state index contributed by atoms with van der Waals surface area (Å²) in [6, 6.07) is 6.37. The van der Waals surface area contributed by atoms with Gasteiger partial charge in [0.15, 0.2) is 0 Å². The number of hydrogen-bond donors (Lipinski definition) is 2. The van der Waals surface area contributed by atoms with Gasteiger partial charge in [-0.15, -0.1) is 11.8 Å². The molecule has 3 nitrogen and oxygen atoms in total. The van der Waals surface area contributed by atoms with Crippen molar-refractivity contribution < 1.29 is 9.90 Å². The molecule has 0 heterocycles. The number of hydrogen-bond acceptors (Lipinski definition) is 3. The van der Waals surface area contributed by atoms with E-state index in [-0.39, 0.29) is 6.04 Å². The normalized spacial score (nSPS) is 19.1. The van der Waals surface area contributed by atoms with Crippen LogP contribution in [0.2, 0.25) is 0 Å². The number of benzene rings is 1. The van der Waals surface area contributed by atoms with Gasteiger partial charge < -0.3 is 10.8 Å². The van der Waals surface area contributed by atoms with E-state index in [2.05, 4.69) is 12.1 Å². The fourth-order valence-electron chi connectivity index (χ4n) is 2.03. The van der Waals surface area contributed by atoms with Gasteiger partial charge in [0.2, 0.25) is 0 Å². The van der Waals surface area contributed by atoms with Crippen LogP contribution >= 0.6 is 11.8 Å². The number of carboxylic acids is 1. The summed E-state index contributed by atoms with van der Waals surface area (Å²) < 4.78 is -0.797. The lowest BCUT2D eigenvalue weighted by molar-refractivity contribution is -0.138. The Morgan fingerprint density at radius 2 is 2.06 bits per heavy atom. The maximum Gasteiger partial charge on any atom is 0.319 e. The third-order valence-electron chi connectivity index (χ3n) is 3.03. The molecule has 0 radical (unpaired) electrons. The Labute approximate surface area is 105 Å². The number of nitrogens with two attached hydrogens (primary N) is 1. The molecule has 1 aromatic carbocycles. The van der Waals surface area contributed by atoms with Crippen molar-refractivity contribution in [1.82, 2.24) is 0 Å². The lowest BCUT2D eigenvalue weighted by atomic mass is 10.1. The van der Waals surface area contributed by atoms with Crippen molar-refractivity contribution in [1.29, 1.82) is 0 Å². The van der Waals surface area contributed by atoms with Gasteiger partial charge in [0, 0.05) is 10.9 Å². The van der Waals surface area contributed by atoms with Crippen molar-refractivity contribution in [3.8, 4) is 0 Å². The maximum atomic E-state index is 11.1. The van der Waals surface area contributed by atoms with Crippen molar-refractivity contribution in [3.63, 3.8) is 0 Å². The minimum Gasteiger partial charge on any atom is -0.480 e. The molecule has 1 aliphatic carbocycles. The van der Waals surface area contributed by atoms with E-state index in [0.29, 0.717) is 0 Å². The van der Waals surface area contributed by atoms with Gasteiger partial charge in [0.05, 0.1) is 0 Å². The Morgan fingerprint density at radius 3 is 2.71 bits per heavy atom. The Morgan fingerprint density at radius 1 is 1.41 bits per heavy atom. The fourth-order valence-corrected chi connectivity index (χ4v) is 3.04. The minimum atomic E-state index is -0.797. The first-order valence-electron chi connectivity index (χ1n) is 5.68. The van der Waals surface area contributed by atoms with E-state index in [1.54, 1.807) is 13.8 Å². The van der Waals surface area contributed by atoms with Crippen LogP contribution < -0.4 is 5.73 Å². The van der Waals surface area contributed by atoms with Crippen LogP contribution in [0.25, 0.3) is 0 Å². The van der Waals surface area contributed by atoms with Gasteiger partial charge in [-0.05, 0) is 49.9 Å². The SMILES string of the molecule is CC(C)(Sc1ccc2c(c1)CC(N)C2)C(=O)O. The third kappa shape index (κ3) is 2.64. The van der Waals surface area contributed by atoms with Crippen molar-refractivity contribution in [2.75, 3.05) is 0 Å². The maximum absolute atomic E-state index is 11.1. The van der Waals surface area contributed by atoms with Gasteiger partial charge in [-0.2, -0.15) is 0 Å². The van der Waals surface area contributed by atoms with Gasteiger partial charge in [-0.1, -0.05) is 6.07 Å². The van der Waals surface area contributed by atoms with E-state index in [1.807, 2.05) is 6.07 Å². The molecule has 1 atom stereocenters. The molecule has 2 rings (SSSR count). The highest BCUT2D eigenvalue weighted by Crippen LogP contribution is 2.35. The molecule has 0 aromatic heterocycles. The zero-order valence-corrected chi connectivity index (χ0v) is 10.9. The van der Waals surface area contributed by atoms with Crippen LogP contribution in [0.15, 0.2) is 23.1 Å². The standard InChI is InChI=1S/C13H17NO2S/c1-13(2,12(15)16)17-11-4-3-8-5-10(14)6-9(8)7-11/h3-4,7,10H,5-6,14H2,1-2H3,(H,15,16).